The van der Waals surface area contributed by atoms with Crippen LogP contribution >= 0.6 is 11.6 Å². The van der Waals surface area contributed by atoms with Crippen molar-refractivity contribution >= 4 is 17.6 Å². The molecule has 3 heteroatoms. The summed E-state index contributed by atoms with van der Waals surface area (Å²) in [5.41, 5.74) is 4.26. The van der Waals surface area contributed by atoms with E-state index in [1.54, 1.807) is 0 Å². The van der Waals surface area contributed by atoms with E-state index in [1.807, 2.05) is 26.0 Å². The van der Waals surface area contributed by atoms with Gasteiger partial charge in [-0.3, -0.25) is 4.79 Å². The van der Waals surface area contributed by atoms with Crippen LogP contribution in [0.5, 0.6) is 0 Å². The lowest BCUT2D eigenvalue weighted by Crippen LogP contribution is -2.08. The Balaban J connectivity index is 3.09. The quantitative estimate of drug-likeness (QED) is 0.585. The molecule has 0 fully saturated rings. The lowest BCUT2D eigenvalue weighted by atomic mass is 9.97. The fourth-order valence-corrected chi connectivity index (χ4v) is 1.91. The fourth-order valence-electron chi connectivity index (χ4n) is 1.67. The average molecular weight is 227 g/mol. The van der Waals surface area contributed by atoms with Crippen LogP contribution in [0.4, 0.5) is 0 Å². The number of carbonyl (C=O) groups is 1. The van der Waals surface area contributed by atoms with Gasteiger partial charge in [0, 0.05) is 5.88 Å². The van der Waals surface area contributed by atoms with Gasteiger partial charge in [0.2, 0.25) is 0 Å². The molecule has 1 aromatic rings. The largest absolute Gasteiger partial charge is 0.469 e. The van der Waals surface area contributed by atoms with Gasteiger partial charge in [-0.25, -0.2) is 0 Å². The molecule has 15 heavy (non-hydrogen) atoms. The van der Waals surface area contributed by atoms with Gasteiger partial charge in [0.05, 0.1) is 13.5 Å². The van der Waals surface area contributed by atoms with Crippen LogP contribution in [0.15, 0.2) is 12.1 Å². The monoisotopic (exact) mass is 226 g/mol. The van der Waals surface area contributed by atoms with Crippen molar-refractivity contribution < 1.29 is 9.53 Å². The van der Waals surface area contributed by atoms with E-state index >= 15 is 0 Å². The first kappa shape index (κ1) is 12.1. The van der Waals surface area contributed by atoms with E-state index in [2.05, 4.69) is 4.74 Å². The van der Waals surface area contributed by atoms with E-state index in [-0.39, 0.29) is 5.97 Å². The van der Waals surface area contributed by atoms with Gasteiger partial charge < -0.3 is 4.74 Å². The molecule has 0 aliphatic carbocycles. The van der Waals surface area contributed by atoms with E-state index in [0.717, 1.165) is 22.3 Å². The number of hydrogen-bond donors (Lipinski definition) is 0. The Hall–Kier alpha value is -1.02. The van der Waals surface area contributed by atoms with Crippen LogP contribution in [0.1, 0.15) is 22.3 Å². The molecule has 0 saturated heterocycles. The maximum absolute atomic E-state index is 11.2. The van der Waals surface area contributed by atoms with E-state index in [1.165, 1.54) is 7.11 Å². The number of halogens is 1. The number of carbonyl (C=O) groups excluding carboxylic acids is 1. The molecule has 0 aliphatic rings. The van der Waals surface area contributed by atoms with E-state index in [0.29, 0.717) is 12.3 Å². The molecule has 0 amide bonds. The Morgan fingerprint density at radius 3 is 2.60 bits per heavy atom. The summed E-state index contributed by atoms with van der Waals surface area (Å²) in [5.74, 6) is 0.197. The van der Waals surface area contributed by atoms with Crippen molar-refractivity contribution in [3.63, 3.8) is 0 Å². The first-order valence-electron chi connectivity index (χ1n) is 4.80. The lowest BCUT2D eigenvalue weighted by Gasteiger charge is -2.11. The standard InChI is InChI=1S/C12H15ClO2/c1-8-4-9(2)11(6-12(14)15-3)10(5-8)7-13/h4-5H,6-7H2,1-3H3. The molecule has 0 N–H and O–H groups in total. The summed E-state index contributed by atoms with van der Waals surface area (Å²) < 4.78 is 4.66. The molecule has 1 rings (SSSR count). The van der Waals surface area contributed by atoms with Crippen LogP contribution in [0.2, 0.25) is 0 Å². The summed E-state index contributed by atoms with van der Waals surface area (Å²) in [6, 6.07) is 4.06. The van der Waals surface area contributed by atoms with E-state index in [9.17, 15) is 4.79 Å². The molecular weight excluding hydrogens is 212 g/mol. The zero-order chi connectivity index (χ0) is 11.4. The number of esters is 1. The third-order valence-corrected chi connectivity index (χ3v) is 2.69. The summed E-state index contributed by atoms with van der Waals surface area (Å²) in [6.45, 7) is 4.01. The van der Waals surface area contributed by atoms with Gasteiger partial charge >= 0.3 is 5.97 Å². The highest BCUT2D eigenvalue weighted by Crippen LogP contribution is 2.19. The molecule has 0 saturated carbocycles. The van der Waals surface area contributed by atoms with Crippen LogP contribution in [0.3, 0.4) is 0 Å². The summed E-state index contributed by atoms with van der Waals surface area (Å²) in [4.78, 5) is 11.2. The maximum atomic E-state index is 11.2. The highest BCUT2D eigenvalue weighted by atomic mass is 35.5. The molecule has 1 aromatic carbocycles. The Kier molecular flexibility index (Phi) is 4.15. The Morgan fingerprint density at radius 1 is 1.40 bits per heavy atom. The van der Waals surface area contributed by atoms with Crippen LogP contribution < -0.4 is 0 Å². The van der Waals surface area contributed by atoms with Gasteiger partial charge in [-0.1, -0.05) is 17.7 Å². The predicted molar refractivity (Wildman–Crippen MR) is 61.2 cm³/mol. The summed E-state index contributed by atoms with van der Waals surface area (Å²) >= 11 is 5.85. The Morgan fingerprint density at radius 2 is 2.07 bits per heavy atom. The maximum Gasteiger partial charge on any atom is 0.309 e. The highest BCUT2D eigenvalue weighted by molar-refractivity contribution is 6.17. The smallest absolute Gasteiger partial charge is 0.309 e. The number of alkyl halides is 1. The molecule has 0 radical (unpaired) electrons. The number of hydrogen-bond acceptors (Lipinski definition) is 2. The minimum atomic E-state index is -0.228. The van der Waals surface area contributed by atoms with Crippen molar-refractivity contribution in [2.75, 3.05) is 7.11 Å². The van der Waals surface area contributed by atoms with Crippen LogP contribution in [0, 0.1) is 13.8 Å². The van der Waals surface area contributed by atoms with Crippen LogP contribution in [0.25, 0.3) is 0 Å². The van der Waals surface area contributed by atoms with Crippen molar-refractivity contribution in [3.8, 4) is 0 Å². The molecular formula is C12H15ClO2. The zero-order valence-corrected chi connectivity index (χ0v) is 10.0. The Bertz CT molecular complexity index is 372. The van der Waals surface area contributed by atoms with Crippen LogP contribution in [-0.2, 0) is 21.8 Å². The summed E-state index contributed by atoms with van der Waals surface area (Å²) in [6.07, 6.45) is 0.296. The van der Waals surface area contributed by atoms with E-state index in [4.69, 9.17) is 11.6 Å². The normalized spacial score (nSPS) is 10.1. The lowest BCUT2D eigenvalue weighted by molar-refractivity contribution is -0.139. The number of ether oxygens (including phenoxy) is 1. The van der Waals surface area contributed by atoms with E-state index < -0.39 is 0 Å². The molecule has 0 unspecified atom stereocenters. The molecule has 0 aliphatic heterocycles. The zero-order valence-electron chi connectivity index (χ0n) is 9.26. The first-order valence-corrected chi connectivity index (χ1v) is 5.33. The second kappa shape index (κ2) is 5.17. The van der Waals surface area contributed by atoms with Crippen molar-refractivity contribution in [1.29, 1.82) is 0 Å². The molecule has 0 bridgehead atoms. The molecule has 0 heterocycles. The van der Waals surface area contributed by atoms with Gasteiger partial charge in [0.15, 0.2) is 0 Å². The molecule has 0 spiro atoms. The second-order valence-corrected chi connectivity index (χ2v) is 3.87. The fraction of sp³-hybridized carbons (Fsp3) is 0.417. The molecule has 0 aromatic heterocycles. The number of rotatable bonds is 3. The highest BCUT2D eigenvalue weighted by Gasteiger charge is 2.10. The Labute approximate surface area is 95.2 Å². The topological polar surface area (TPSA) is 26.3 Å². The third-order valence-electron chi connectivity index (χ3n) is 2.40. The third kappa shape index (κ3) is 2.96. The van der Waals surface area contributed by atoms with Gasteiger partial charge in [-0.2, -0.15) is 0 Å². The number of benzene rings is 1. The van der Waals surface area contributed by atoms with Gasteiger partial charge in [-0.15, -0.1) is 11.6 Å². The average Bonchev–Trinajstić information content (AvgIpc) is 2.21. The van der Waals surface area contributed by atoms with Crippen molar-refractivity contribution in [2.45, 2.75) is 26.1 Å². The predicted octanol–water partition coefficient (Wildman–Crippen LogP) is 2.76. The summed E-state index contributed by atoms with van der Waals surface area (Å²) in [7, 11) is 1.40. The molecule has 82 valence electrons. The minimum Gasteiger partial charge on any atom is -0.469 e. The van der Waals surface area contributed by atoms with Crippen LogP contribution in [-0.4, -0.2) is 13.1 Å². The van der Waals surface area contributed by atoms with Crippen molar-refractivity contribution in [1.82, 2.24) is 0 Å². The number of aryl methyl sites for hydroxylation is 2. The van der Waals surface area contributed by atoms with Crippen molar-refractivity contribution in [3.05, 3.63) is 34.4 Å². The van der Waals surface area contributed by atoms with Crippen molar-refractivity contribution in [2.24, 2.45) is 0 Å². The molecule has 0 atom stereocenters. The SMILES string of the molecule is COC(=O)Cc1c(C)cc(C)cc1CCl. The number of methoxy groups -OCH3 is 1. The van der Waals surface area contributed by atoms with Gasteiger partial charge in [-0.05, 0) is 30.5 Å². The molecule has 2 nitrogen and oxygen atoms in total. The van der Waals surface area contributed by atoms with Gasteiger partial charge in [0.25, 0.3) is 0 Å². The summed E-state index contributed by atoms with van der Waals surface area (Å²) in [5, 5.41) is 0. The minimum absolute atomic E-state index is 0.228. The second-order valence-electron chi connectivity index (χ2n) is 3.61. The van der Waals surface area contributed by atoms with Gasteiger partial charge in [0.1, 0.15) is 0 Å². The first-order chi connectivity index (χ1) is 7.08.